The van der Waals surface area contributed by atoms with E-state index in [1.807, 2.05) is 13.8 Å². The van der Waals surface area contributed by atoms with Crippen molar-refractivity contribution in [1.82, 2.24) is 19.5 Å². The molecule has 3 rings (SSSR count). The topological polar surface area (TPSA) is 203 Å². The number of imidazole rings is 1. The number of aliphatic hydroxyl groups is 2. The predicted molar refractivity (Wildman–Crippen MR) is 111 cm³/mol. The Morgan fingerprint density at radius 1 is 1.22 bits per heavy atom. The number of nitrogen functional groups attached to an aromatic ring is 1. The van der Waals surface area contributed by atoms with Crippen LogP contribution in [0, 0.1) is 5.92 Å². The molecule has 0 amide bonds. The van der Waals surface area contributed by atoms with Gasteiger partial charge in [0.05, 0.1) is 6.33 Å². The summed E-state index contributed by atoms with van der Waals surface area (Å²) in [6, 6.07) is 0. The summed E-state index contributed by atoms with van der Waals surface area (Å²) in [7, 11) is -5.13. The van der Waals surface area contributed by atoms with Gasteiger partial charge in [-0.25, -0.2) is 19.5 Å². The molecule has 3 heterocycles. The minimum absolute atomic E-state index is 0.0956. The molecule has 0 aromatic carbocycles. The Bertz CT molecular complexity index is 991. The number of ketones is 1. The maximum absolute atomic E-state index is 13.2. The summed E-state index contributed by atoms with van der Waals surface area (Å²) >= 11 is 0. The number of fused-ring (bicyclic) bond motifs is 1. The lowest BCUT2D eigenvalue weighted by atomic mass is 9.88. The largest absolute Gasteiger partial charge is 0.470 e. The van der Waals surface area contributed by atoms with Crippen LogP contribution >= 0.6 is 7.82 Å². The molecule has 0 saturated carbocycles. The first-order valence-electron chi connectivity index (χ1n) is 10.3. The van der Waals surface area contributed by atoms with Gasteiger partial charge in [0.15, 0.2) is 29.6 Å². The second kappa shape index (κ2) is 9.87. The minimum atomic E-state index is -5.13. The predicted octanol–water partition coefficient (Wildman–Crippen LogP) is 0.291. The highest BCUT2D eigenvalue weighted by Gasteiger charge is 2.52. The third-order valence-corrected chi connectivity index (χ3v) is 5.94. The quantitative estimate of drug-likeness (QED) is 0.295. The molecule has 1 fully saturated rings. The van der Waals surface area contributed by atoms with Crippen molar-refractivity contribution in [3.8, 4) is 0 Å². The minimum Gasteiger partial charge on any atom is -0.387 e. The molecule has 1 unspecified atom stereocenters. The zero-order valence-corrected chi connectivity index (χ0v) is 18.6. The lowest BCUT2D eigenvalue weighted by Gasteiger charge is -2.28. The van der Waals surface area contributed by atoms with E-state index >= 15 is 0 Å². The number of nitrogens with zero attached hydrogens (tertiary/aromatic N) is 4. The first-order valence-corrected chi connectivity index (χ1v) is 11.8. The number of phosphoric acid groups is 1. The van der Waals surface area contributed by atoms with E-state index in [0.717, 1.165) is 0 Å². The molecular weight excluding hydrogens is 445 g/mol. The zero-order valence-electron chi connectivity index (χ0n) is 17.7. The number of hydrogen-bond donors (Lipinski definition) is 5. The molecule has 1 aliphatic rings. The molecule has 32 heavy (non-hydrogen) atoms. The van der Waals surface area contributed by atoms with Crippen molar-refractivity contribution < 1.29 is 38.6 Å². The molecule has 0 aliphatic carbocycles. The molecule has 2 aromatic heterocycles. The number of ether oxygens (including phenoxy) is 1. The summed E-state index contributed by atoms with van der Waals surface area (Å²) in [5.41, 5.74) is 6.23. The highest BCUT2D eigenvalue weighted by molar-refractivity contribution is 7.46. The molecule has 14 heteroatoms. The Hall–Kier alpha value is -1.99. The van der Waals surface area contributed by atoms with Crippen molar-refractivity contribution in [3.05, 3.63) is 12.7 Å². The Morgan fingerprint density at radius 2 is 1.88 bits per heavy atom. The number of phosphoric ester groups is 1. The van der Waals surface area contributed by atoms with Crippen LogP contribution in [-0.4, -0.2) is 69.7 Å². The van der Waals surface area contributed by atoms with Crippen LogP contribution in [0.2, 0.25) is 0 Å². The summed E-state index contributed by atoms with van der Waals surface area (Å²) in [4.78, 5) is 44.0. The first kappa shape index (κ1) is 24.6. The van der Waals surface area contributed by atoms with Crippen LogP contribution in [-0.2, 0) is 18.6 Å². The van der Waals surface area contributed by atoms with Gasteiger partial charge in [-0.2, -0.15) is 0 Å². The third-order valence-electron chi connectivity index (χ3n) is 5.44. The van der Waals surface area contributed by atoms with Crippen molar-refractivity contribution >= 4 is 30.6 Å². The van der Waals surface area contributed by atoms with Gasteiger partial charge in [-0.05, 0) is 12.8 Å². The smallest absolute Gasteiger partial charge is 0.387 e. The van der Waals surface area contributed by atoms with Crippen molar-refractivity contribution in [3.63, 3.8) is 0 Å². The van der Waals surface area contributed by atoms with Crippen LogP contribution in [0.25, 0.3) is 11.2 Å². The number of Topliss-reactive ketones (excluding diaryl/α,β-unsaturated/α-hetero) is 1. The maximum Gasteiger partial charge on any atom is 0.470 e. The Kier molecular flexibility index (Phi) is 7.61. The Labute approximate surface area is 183 Å². The van der Waals surface area contributed by atoms with Crippen molar-refractivity contribution in [1.29, 1.82) is 0 Å². The highest BCUT2D eigenvalue weighted by Crippen LogP contribution is 2.43. The Balaban J connectivity index is 1.95. The van der Waals surface area contributed by atoms with E-state index < -0.39 is 50.2 Å². The number of aromatic nitrogens is 4. The molecule has 13 nitrogen and oxygen atoms in total. The molecule has 0 bridgehead atoms. The van der Waals surface area contributed by atoms with Crippen LogP contribution in [0.3, 0.4) is 0 Å². The summed E-state index contributed by atoms with van der Waals surface area (Å²) in [6.45, 7) is 3.76. The average molecular weight is 473 g/mol. The monoisotopic (exact) mass is 473 g/mol. The molecule has 1 aliphatic heterocycles. The molecule has 0 spiro atoms. The fraction of sp³-hybridized carbons (Fsp3) is 0.667. The summed E-state index contributed by atoms with van der Waals surface area (Å²) in [5, 5.41) is 21.3. The average Bonchev–Trinajstić information content (AvgIpc) is 3.27. The van der Waals surface area contributed by atoms with Gasteiger partial charge in [-0.3, -0.25) is 13.9 Å². The van der Waals surface area contributed by atoms with Crippen molar-refractivity contribution in [2.75, 3.05) is 5.73 Å². The number of nitrogens with two attached hydrogens (primary N) is 1. The van der Waals surface area contributed by atoms with Crippen LogP contribution in [0.4, 0.5) is 5.82 Å². The van der Waals surface area contributed by atoms with Crippen LogP contribution in [0.15, 0.2) is 12.7 Å². The number of carbonyl (C=O) groups excluding carboxylic acids is 1. The number of carbonyl (C=O) groups is 1. The molecule has 2 aromatic rings. The van der Waals surface area contributed by atoms with Gasteiger partial charge in [0.2, 0.25) is 0 Å². The fourth-order valence-corrected chi connectivity index (χ4v) is 4.52. The van der Waals surface area contributed by atoms with E-state index in [1.165, 1.54) is 17.2 Å². The van der Waals surface area contributed by atoms with Crippen molar-refractivity contribution in [2.45, 2.75) is 70.2 Å². The summed E-state index contributed by atoms with van der Waals surface area (Å²) < 4.78 is 23.5. The van der Waals surface area contributed by atoms with Gasteiger partial charge in [0.1, 0.15) is 30.2 Å². The molecular formula is C18H28N5O8P. The van der Waals surface area contributed by atoms with E-state index in [0.29, 0.717) is 25.7 Å². The zero-order chi connectivity index (χ0) is 23.6. The molecule has 1 saturated heterocycles. The molecule has 5 atom stereocenters. The van der Waals surface area contributed by atoms with Gasteiger partial charge >= 0.3 is 7.82 Å². The fourth-order valence-electron chi connectivity index (χ4n) is 4.00. The molecule has 6 N–H and O–H groups in total. The number of aliphatic hydroxyl groups excluding tert-OH is 2. The normalized spacial score (nSPS) is 25.0. The number of rotatable bonds is 10. The third kappa shape index (κ3) is 4.99. The van der Waals surface area contributed by atoms with E-state index in [2.05, 4.69) is 15.0 Å². The van der Waals surface area contributed by atoms with Crippen LogP contribution in [0.5, 0.6) is 0 Å². The number of hydrogen-bond acceptors (Lipinski definition) is 10. The first-order chi connectivity index (χ1) is 15.1. The second-order valence-electron chi connectivity index (χ2n) is 7.75. The number of anilines is 1. The van der Waals surface area contributed by atoms with Gasteiger partial charge in [0, 0.05) is 5.92 Å². The lowest BCUT2D eigenvalue weighted by Crippen LogP contribution is -2.46. The molecule has 178 valence electrons. The van der Waals surface area contributed by atoms with Gasteiger partial charge in [-0.15, -0.1) is 0 Å². The van der Waals surface area contributed by atoms with Gasteiger partial charge in [0.25, 0.3) is 0 Å². The van der Waals surface area contributed by atoms with E-state index in [9.17, 15) is 29.4 Å². The van der Waals surface area contributed by atoms with E-state index in [-0.39, 0.29) is 17.0 Å². The van der Waals surface area contributed by atoms with Crippen LogP contribution in [0.1, 0.15) is 45.8 Å². The van der Waals surface area contributed by atoms with Crippen molar-refractivity contribution in [2.24, 2.45) is 5.92 Å². The van der Waals surface area contributed by atoms with Crippen LogP contribution < -0.4 is 5.73 Å². The second-order valence-corrected chi connectivity index (χ2v) is 8.94. The lowest BCUT2D eigenvalue weighted by molar-refractivity contribution is -0.144. The molecule has 0 radical (unpaired) electrons. The van der Waals surface area contributed by atoms with Gasteiger partial charge < -0.3 is 30.5 Å². The highest BCUT2D eigenvalue weighted by atomic mass is 31.2. The Morgan fingerprint density at radius 3 is 2.47 bits per heavy atom. The van der Waals surface area contributed by atoms with E-state index in [1.54, 1.807) is 0 Å². The maximum atomic E-state index is 13.2. The van der Waals surface area contributed by atoms with Gasteiger partial charge in [-0.1, -0.05) is 26.7 Å². The standard InChI is InChI=1S/C18H28N5O8P/c1-3-5-9(6-4-2)11(24)15(31-32(27,28)29)14-12(25)13(26)18(30-14)23-8-22-10-16(19)20-7-21-17(10)23/h7-9,12-15,18,25-26H,3-6H2,1-2H3,(H2,19,20,21)(H2,27,28,29)/t12-,13+,14-,15?,18+/m0/s1. The summed E-state index contributed by atoms with van der Waals surface area (Å²) in [5.74, 6) is -1.05. The SMILES string of the molecule is CCCC(CCC)C(=O)C(OP(=O)(O)O)[C@H]1O[C@@H](n2cnc3c(N)ncnc32)[C@H](O)[C@@H]1O. The van der Waals surface area contributed by atoms with E-state index in [4.69, 9.17) is 15.0 Å². The summed E-state index contributed by atoms with van der Waals surface area (Å²) in [6.07, 6.45) is -3.09.